The van der Waals surface area contributed by atoms with Gasteiger partial charge < -0.3 is 19.0 Å². The van der Waals surface area contributed by atoms with Crippen molar-refractivity contribution < 1.29 is 9.15 Å². The molecule has 6 atom stereocenters. The van der Waals surface area contributed by atoms with Crippen molar-refractivity contribution in [1.29, 1.82) is 0 Å². The van der Waals surface area contributed by atoms with Crippen molar-refractivity contribution in [2.24, 2.45) is 11.3 Å². The van der Waals surface area contributed by atoms with Crippen LogP contribution in [0.25, 0.3) is 22.1 Å². The fourth-order valence-electron chi connectivity index (χ4n) is 11.1. The molecule has 4 nitrogen and oxygen atoms in total. The number of benzene rings is 6. The Morgan fingerprint density at radius 1 is 0.672 bits per heavy atom. The quantitative estimate of drug-likeness (QED) is 0.164. The first kappa shape index (κ1) is 33.6. The summed E-state index contributed by atoms with van der Waals surface area (Å²) < 4.78 is 13.5. The Morgan fingerprint density at radius 3 is 2.16 bits per heavy atom. The predicted molar refractivity (Wildman–Crippen MR) is 236 cm³/mol. The number of hydrogen-bond acceptors (Lipinski definition) is 4. The molecule has 0 N–H and O–H groups in total. The van der Waals surface area contributed by atoms with Crippen LogP contribution in [0.1, 0.15) is 65.0 Å². The van der Waals surface area contributed by atoms with Crippen molar-refractivity contribution >= 4 is 45.1 Å². The Bertz CT molecular complexity index is 2840. The summed E-state index contributed by atoms with van der Waals surface area (Å²) in [5.41, 5.74) is 15.0. The SMILES string of the molecule is Cc1c(C2=C(c3ccccc3)CC(C3(C)C=CC4c5c(oc6ccccc56)N(c5ccccc5)C4C3)C=C2)ccc2c1N(c1ccccc1)[C@H]1Oc3ccccc3C21. The van der Waals surface area contributed by atoms with E-state index in [0.29, 0.717) is 5.92 Å². The van der Waals surface area contributed by atoms with E-state index in [9.17, 15) is 0 Å². The first-order valence-corrected chi connectivity index (χ1v) is 20.8. The number of anilines is 4. The number of fused-ring (bicyclic) bond motifs is 10. The molecule has 4 heterocycles. The van der Waals surface area contributed by atoms with Crippen molar-refractivity contribution in [2.45, 2.75) is 50.8 Å². The second-order valence-electron chi connectivity index (χ2n) is 17.0. The van der Waals surface area contributed by atoms with Gasteiger partial charge in [0.2, 0.25) is 5.88 Å². The molecular formula is C54H44N2O2. The average Bonchev–Trinajstić information content (AvgIpc) is 4.01. The van der Waals surface area contributed by atoms with Crippen LogP contribution in [-0.2, 0) is 0 Å². The summed E-state index contributed by atoms with van der Waals surface area (Å²) in [7, 11) is 0. The molecule has 5 unspecified atom stereocenters. The fourth-order valence-corrected chi connectivity index (χ4v) is 11.1. The van der Waals surface area contributed by atoms with E-state index in [4.69, 9.17) is 9.15 Å². The number of allylic oxidation sites excluding steroid dienone is 5. The molecule has 3 aliphatic heterocycles. The molecule has 0 radical (unpaired) electrons. The lowest BCUT2D eigenvalue weighted by Gasteiger charge is -2.44. The van der Waals surface area contributed by atoms with Crippen molar-refractivity contribution in [1.82, 2.24) is 0 Å². The Labute approximate surface area is 340 Å². The third-order valence-corrected chi connectivity index (χ3v) is 13.9. The molecule has 5 aliphatic rings. The largest absolute Gasteiger partial charge is 0.469 e. The van der Waals surface area contributed by atoms with Gasteiger partial charge in [-0.25, -0.2) is 0 Å². The van der Waals surface area contributed by atoms with Gasteiger partial charge in [-0.3, -0.25) is 0 Å². The van der Waals surface area contributed by atoms with Gasteiger partial charge in [0.15, 0.2) is 6.23 Å². The predicted octanol–water partition coefficient (Wildman–Crippen LogP) is 13.5. The summed E-state index contributed by atoms with van der Waals surface area (Å²) in [6.07, 6.45) is 11.9. The van der Waals surface area contributed by atoms with Crippen LogP contribution in [0.15, 0.2) is 180 Å². The molecule has 58 heavy (non-hydrogen) atoms. The van der Waals surface area contributed by atoms with Crippen molar-refractivity contribution in [3.8, 4) is 5.75 Å². The number of para-hydroxylation sites is 4. The van der Waals surface area contributed by atoms with Gasteiger partial charge in [0.05, 0.1) is 11.6 Å². The molecule has 4 heteroatoms. The van der Waals surface area contributed by atoms with Gasteiger partial charge in [0.1, 0.15) is 11.3 Å². The first-order chi connectivity index (χ1) is 28.6. The van der Waals surface area contributed by atoms with Gasteiger partial charge in [0.25, 0.3) is 0 Å². The maximum absolute atomic E-state index is 6.79. The fraction of sp³-hybridized carbons (Fsp3) is 0.185. The van der Waals surface area contributed by atoms with Crippen LogP contribution < -0.4 is 14.5 Å². The highest BCUT2D eigenvalue weighted by molar-refractivity contribution is 5.99. The van der Waals surface area contributed by atoms with Gasteiger partial charge in [-0.1, -0.05) is 146 Å². The van der Waals surface area contributed by atoms with Gasteiger partial charge in [0, 0.05) is 39.8 Å². The zero-order valence-electron chi connectivity index (χ0n) is 32.8. The molecule has 12 rings (SSSR count). The third-order valence-electron chi connectivity index (χ3n) is 13.9. The smallest absolute Gasteiger partial charge is 0.205 e. The van der Waals surface area contributed by atoms with E-state index in [1.807, 2.05) is 0 Å². The minimum atomic E-state index is -0.125. The van der Waals surface area contributed by atoms with E-state index >= 15 is 0 Å². The highest BCUT2D eigenvalue weighted by Gasteiger charge is 2.50. The van der Waals surface area contributed by atoms with E-state index in [1.54, 1.807) is 0 Å². The molecule has 2 aliphatic carbocycles. The van der Waals surface area contributed by atoms with Crippen LogP contribution in [0, 0.1) is 18.3 Å². The molecule has 0 spiro atoms. The number of nitrogens with zero attached hydrogens (tertiary/aromatic N) is 2. The van der Waals surface area contributed by atoms with Crippen LogP contribution in [0.5, 0.6) is 5.75 Å². The molecule has 0 saturated carbocycles. The molecule has 0 saturated heterocycles. The van der Waals surface area contributed by atoms with Crippen LogP contribution in [0.2, 0.25) is 0 Å². The monoisotopic (exact) mass is 752 g/mol. The number of rotatable bonds is 5. The van der Waals surface area contributed by atoms with Gasteiger partial charge >= 0.3 is 0 Å². The molecule has 0 bridgehead atoms. The molecular weight excluding hydrogens is 709 g/mol. The lowest BCUT2D eigenvalue weighted by atomic mass is 9.63. The highest BCUT2D eigenvalue weighted by Crippen LogP contribution is 2.60. The van der Waals surface area contributed by atoms with E-state index in [0.717, 1.165) is 35.7 Å². The standard InChI is InChI=1S/C54H44N2O2/c1-34-39(28-29-44-50-43-23-13-15-25-48(43)58-53(50)56(51(34)44)38-20-10-5-11-21-38)40-27-26-36(32-45(40)35-16-6-3-7-17-35)54(2)31-30-41-46(33-54)55(37-18-8-4-9-19-37)52-49(41)42-22-12-14-24-47(42)57-52/h3-31,36,41,46,50,53H,32-33H2,1-2H3/t36?,41?,46?,50?,53-,54?/m0/s1. The summed E-state index contributed by atoms with van der Waals surface area (Å²) in [5.74, 6) is 2.70. The Morgan fingerprint density at radius 2 is 1.36 bits per heavy atom. The summed E-state index contributed by atoms with van der Waals surface area (Å²) in [4.78, 5) is 4.95. The molecule has 7 aromatic rings. The summed E-state index contributed by atoms with van der Waals surface area (Å²) in [6.45, 7) is 4.81. The lowest BCUT2D eigenvalue weighted by Crippen LogP contribution is -2.40. The maximum Gasteiger partial charge on any atom is 0.205 e. The summed E-state index contributed by atoms with van der Waals surface area (Å²) >= 11 is 0. The summed E-state index contributed by atoms with van der Waals surface area (Å²) in [5, 5.41) is 1.23. The van der Waals surface area contributed by atoms with Crippen LogP contribution >= 0.6 is 0 Å². The average molecular weight is 753 g/mol. The molecule has 0 amide bonds. The molecule has 1 aromatic heterocycles. The van der Waals surface area contributed by atoms with Crippen molar-refractivity contribution in [2.75, 3.05) is 9.80 Å². The van der Waals surface area contributed by atoms with E-state index in [1.165, 1.54) is 61.3 Å². The topological polar surface area (TPSA) is 28.9 Å². The van der Waals surface area contributed by atoms with Gasteiger partial charge in [-0.2, -0.15) is 0 Å². The van der Waals surface area contributed by atoms with Crippen molar-refractivity contribution in [3.05, 3.63) is 209 Å². The normalized spacial score (nSPS) is 25.0. The van der Waals surface area contributed by atoms with Crippen molar-refractivity contribution in [3.63, 3.8) is 0 Å². The van der Waals surface area contributed by atoms with E-state index < -0.39 is 0 Å². The molecule has 282 valence electrons. The number of ether oxygens (including phenoxy) is 1. The second kappa shape index (κ2) is 12.7. The zero-order chi connectivity index (χ0) is 38.5. The van der Waals surface area contributed by atoms with E-state index in [-0.39, 0.29) is 29.5 Å². The Hall–Kier alpha value is -6.52. The highest BCUT2D eigenvalue weighted by atomic mass is 16.5. The zero-order valence-corrected chi connectivity index (χ0v) is 32.8. The maximum atomic E-state index is 6.79. The van der Waals surface area contributed by atoms with Gasteiger partial charge in [-0.15, -0.1) is 0 Å². The minimum absolute atomic E-state index is 0.0746. The van der Waals surface area contributed by atoms with Gasteiger partial charge in [-0.05, 0) is 101 Å². The number of hydrogen-bond donors (Lipinski definition) is 0. The van der Waals surface area contributed by atoms with Crippen LogP contribution in [-0.4, -0.2) is 12.3 Å². The first-order valence-electron chi connectivity index (χ1n) is 20.8. The Balaban J connectivity index is 0.953. The van der Waals surface area contributed by atoms with Crippen LogP contribution in [0.3, 0.4) is 0 Å². The lowest BCUT2D eigenvalue weighted by molar-refractivity contribution is 0.234. The third kappa shape index (κ3) is 4.87. The number of furan rings is 1. The summed E-state index contributed by atoms with van der Waals surface area (Å²) in [6, 6.07) is 54.9. The minimum Gasteiger partial charge on any atom is -0.469 e. The Kier molecular flexibility index (Phi) is 7.38. The molecule has 0 fully saturated rings. The molecule has 6 aromatic carbocycles. The van der Waals surface area contributed by atoms with Crippen LogP contribution in [0.4, 0.5) is 22.9 Å². The van der Waals surface area contributed by atoms with E-state index in [2.05, 4.69) is 200 Å². The second-order valence-corrected chi connectivity index (χ2v) is 17.0.